The average Bonchev–Trinajstić information content (AvgIpc) is 2.74. The van der Waals surface area contributed by atoms with Gasteiger partial charge in [0.1, 0.15) is 0 Å². The van der Waals surface area contributed by atoms with Crippen molar-refractivity contribution < 1.29 is 9.84 Å². The average molecular weight is 321 g/mol. The highest BCUT2D eigenvalue weighted by Crippen LogP contribution is 2.73. The van der Waals surface area contributed by atoms with Crippen LogP contribution in [0.5, 0.6) is 0 Å². The minimum absolute atomic E-state index is 0.217. The lowest BCUT2D eigenvalue weighted by atomic mass is 9.41. The fourth-order valence-corrected chi connectivity index (χ4v) is 8.41. The molecule has 4 aliphatic carbocycles. The molecule has 2 bridgehead atoms. The van der Waals surface area contributed by atoms with Crippen LogP contribution in [0.15, 0.2) is 0 Å². The molecule has 0 heterocycles. The molecule has 4 fully saturated rings. The third kappa shape index (κ3) is 2.00. The van der Waals surface area contributed by atoms with Gasteiger partial charge in [-0.25, -0.2) is 0 Å². The summed E-state index contributed by atoms with van der Waals surface area (Å²) >= 11 is 0. The zero-order valence-electron chi connectivity index (χ0n) is 15.7. The second kappa shape index (κ2) is 4.97. The SMILES string of the molecule is CO[C@@]1(CO)C[C@@]23CC[C@@H]4C(C)(C)CCC[C@@]4(C)[C@H]2CC[C@@H]1C3. The molecule has 0 aromatic carbocycles. The normalized spacial score (nSPS) is 54.4. The first kappa shape index (κ1) is 16.4. The van der Waals surface area contributed by atoms with Gasteiger partial charge in [0.2, 0.25) is 0 Å². The predicted molar refractivity (Wildman–Crippen MR) is 93.2 cm³/mol. The molecule has 0 unspecified atom stereocenters. The van der Waals surface area contributed by atoms with Crippen molar-refractivity contribution in [2.75, 3.05) is 13.7 Å². The molecule has 23 heavy (non-hydrogen) atoms. The van der Waals surface area contributed by atoms with Gasteiger partial charge >= 0.3 is 0 Å². The third-order valence-electron chi connectivity index (χ3n) is 9.27. The standard InChI is InChI=1S/C21H36O2/c1-18(2)9-5-10-19(3)16(18)8-11-20-12-15(6-7-17(19)20)21(13-20,14-22)23-4/h15-17,22H,5-14H2,1-4H3/t15-,16-,17-,19-,20+,21-/m1/s1. The quantitative estimate of drug-likeness (QED) is 0.792. The van der Waals surface area contributed by atoms with E-state index in [1.807, 2.05) is 7.11 Å². The molecule has 1 N–H and O–H groups in total. The van der Waals surface area contributed by atoms with Crippen LogP contribution in [0.3, 0.4) is 0 Å². The van der Waals surface area contributed by atoms with Crippen LogP contribution in [0.1, 0.15) is 78.6 Å². The molecule has 1 spiro atoms. The van der Waals surface area contributed by atoms with Crippen molar-refractivity contribution in [3.05, 3.63) is 0 Å². The molecular formula is C21H36O2. The van der Waals surface area contributed by atoms with Crippen LogP contribution in [-0.2, 0) is 4.74 Å². The van der Waals surface area contributed by atoms with Crippen molar-refractivity contribution in [1.82, 2.24) is 0 Å². The van der Waals surface area contributed by atoms with Gasteiger partial charge in [0.25, 0.3) is 0 Å². The molecule has 132 valence electrons. The lowest BCUT2D eigenvalue weighted by molar-refractivity contribution is -0.145. The Balaban J connectivity index is 1.71. The number of ether oxygens (including phenoxy) is 1. The first-order chi connectivity index (χ1) is 10.8. The van der Waals surface area contributed by atoms with Crippen LogP contribution in [0, 0.1) is 34.0 Å². The van der Waals surface area contributed by atoms with E-state index in [9.17, 15) is 5.11 Å². The van der Waals surface area contributed by atoms with Gasteiger partial charge in [-0.3, -0.25) is 0 Å². The van der Waals surface area contributed by atoms with Crippen molar-refractivity contribution in [3.8, 4) is 0 Å². The lowest BCUT2D eigenvalue weighted by Gasteiger charge is -2.64. The summed E-state index contributed by atoms with van der Waals surface area (Å²) in [4.78, 5) is 0. The monoisotopic (exact) mass is 320 g/mol. The highest BCUT2D eigenvalue weighted by Gasteiger charge is 2.67. The van der Waals surface area contributed by atoms with Gasteiger partial charge in [0.15, 0.2) is 0 Å². The minimum Gasteiger partial charge on any atom is -0.393 e. The molecule has 6 atom stereocenters. The molecule has 2 heteroatoms. The van der Waals surface area contributed by atoms with Gasteiger partial charge in [-0.2, -0.15) is 0 Å². The third-order valence-corrected chi connectivity index (χ3v) is 9.27. The van der Waals surface area contributed by atoms with E-state index < -0.39 is 0 Å². The summed E-state index contributed by atoms with van der Waals surface area (Å²) in [6, 6.07) is 0. The molecule has 4 rings (SSSR count). The molecule has 0 radical (unpaired) electrons. The predicted octanol–water partition coefficient (Wildman–Crippen LogP) is 4.80. The van der Waals surface area contributed by atoms with E-state index in [1.165, 1.54) is 51.4 Å². The number of fused-ring (bicyclic) bond motifs is 3. The van der Waals surface area contributed by atoms with Crippen molar-refractivity contribution in [3.63, 3.8) is 0 Å². The fraction of sp³-hybridized carbons (Fsp3) is 1.00. The number of rotatable bonds is 2. The van der Waals surface area contributed by atoms with Crippen LogP contribution in [0.4, 0.5) is 0 Å². The Bertz CT molecular complexity index is 480. The Kier molecular flexibility index (Phi) is 3.54. The van der Waals surface area contributed by atoms with E-state index in [2.05, 4.69) is 20.8 Å². The Hall–Kier alpha value is -0.0800. The molecular weight excluding hydrogens is 284 g/mol. The molecule has 0 aliphatic heterocycles. The second-order valence-corrected chi connectivity index (χ2v) is 10.4. The van der Waals surface area contributed by atoms with Gasteiger partial charge in [-0.05, 0) is 85.4 Å². The van der Waals surface area contributed by atoms with Crippen molar-refractivity contribution in [2.24, 2.45) is 34.0 Å². The largest absolute Gasteiger partial charge is 0.393 e. The maximum atomic E-state index is 10.1. The smallest absolute Gasteiger partial charge is 0.0941 e. The maximum absolute atomic E-state index is 10.1. The Morgan fingerprint density at radius 3 is 2.48 bits per heavy atom. The van der Waals surface area contributed by atoms with Crippen LogP contribution in [0.2, 0.25) is 0 Å². The van der Waals surface area contributed by atoms with Gasteiger partial charge in [-0.1, -0.05) is 27.2 Å². The summed E-state index contributed by atoms with van der Waals surface area (Å²) in [6.07, 6.45) is 12.1. The van der Waals surface area contributed by atoms with Crippen LogP contribution < -0.4 is 0 Å². The molecule has 2 nitrogen and oxygen atoms in total. The molecule has 0 aromatic heterocycles. The Morgan fingerprint density at radius 2 is 1.78 bits per heavy atom. The summed E-state index contributed by atoms with van der Waals surface area (Å²) in [5.41, 5.74) is 1.26. The highest BCUT2D eigenvalue weighted by atomic mass is 16.5. The zero-order chi connectivity index (χ0) is 16.5. The summed E-state index contributed by atoms with van der Waals surface area (Å²) in [7, 11) is 1.83. The van der Waals surface area contributed by atoms with Gasteiger partial charge < -0.3 is 9.84 Å². The summed E-state index contributed by atoms with van der Waals surface area (Å²) in [5, 5.41) is 10.1. The second-order valence-electron chi connectivity index (χ2n) is 10.4. The summed E-state index contributed by atoms with van der Waals surface area (Å²) in [5.74, 6) is 2.33. The topological polar surface area (TPSA) is 29.5 Å². The fourth-order valence-electron chi connectivity index (χ4n) is 8.41. The van der Waals surface area contributed by atoms with E-state index in [0.29, 0.717) is 22.2 Å². The van der Waals surface area contributed by atoms with Gasteiger partial charge in [-0.15, -0.1) is 0 Å². The van der Waals surface area contributed by atoms with Crippen LogP contribution in [0.25, 0.3) is 0 Å². The highest BCUT2D eigenvalue weighted by molar-refractivity contribution is 5.16. The van der Waals surface area contributed by atoms with E-state index in [0.717, 1.165) is 18.3 Å². The number of aliphatic hydroxyl groups excluding tert-OH is 1. The van der Waals surface area contributed by atoms with Crippen molar-refractivity contribution in [2.45, 2.75) is 84.2 Å². The van der Waals surface area contributed by atoms with E-state index in [4.69, 9.17) is 4.74 Å². The van der Waals surface area contributed by atoms with Crippen LogP contribution in [-0.4, -0.2) is 24.4 Å². The van der Waals surface area contributed by atoms with Gasteiger partial charge in [0.05, 0.1) is 12.2 Å². The minimum atomic E-state index is -0.234. The number of hydrogen-bond acceptors (Lipinski definition) is 2. The number of aliphatic hydroxyl groups is 1. The first-order valence-electron chi connectivity index (χ1n) is 9.98. The molecule has 0 amide bonds. The first-order valence-corrected chi connectivity index (χ1v) is 9.98. The Labute approximate surface area is 142 Å². The lowest BCUT2D eigenvalue weighted by Crippen LogP contribution is -2.55. The molecule has 4 saturated carbocycles. The zero-order valence-corrected chi connectivity index (χ0v) is 15.7. The van der Waals surface area contributed by atoms with Crippen molar-refractivity contribution >= 4 is 0 Å². The van der Waals surface area contributed by atoms with E-state index >= 15 is 0 Å². The number of methoxy groups -OCH3 is 1. The maximum Gasteiger partial charge on any atom is 0.0941 e. The molecule has 0 aromatic rings. The van der Waals surface area contributed by atoms with E-state index in [-0.39, 0.29) is 12.2 Å². The van der Waals surface area contributed by atoms with Crippen LogP contribution >= 0.6 is 0 Å². The number of hydrogen-bond donors (Lipinski definition) is 1. The van der Waals surface area contributed by atoms with Gasteiger partial charge in [0, 0.05) is 7.11 Å². The molecule has 4 aliphatic rings. The Morgan fingerprint density at radius 1 is 1.00 bits per heavy atom. The van der Waals surface area contributed by atoms with E-state index in [1.54, 1.807) is 0 Å². The summed E-state index contributed by atoms with van der Waals surface area (Å²) in [6.45, 7) is 7.91. The summed E-state index contributed by atoms with van der Waals surface area (Å²) < 4.78 is 5.97. The van der Waals surface area contributed by atoms with Crippen molar-refractivity contribution in [1.29, 1.82) is 0 Å². The molecule has 0 saturated heterocycles.